The van der Waals surface area contributed by atoms with E-state index in [-0.39, 0.29) is 17.8 Å². The molecule has 1 unspecified atom stereocenters. The van der Waals surface area contributed by atoms with Crippen LogP contribution in [0.25, 0.3) is 0 Å². The summed E-state index contributed by atoms with van der Waals surface area (Å²) in [4.78, 5) is 16.0. The van der Waals surface area contributed by atoms with Gasteiger partial charge in [0, 0.05) is 26.2 Å². The Hall–Kier alpha value is -1.62. The second-order valence-corrected chi connectivity index (χ2v) is 4.86. The quantitative estimate of drug-likeness (QED) is 0.910. The van der Waals surface area contributed by atoms with Gasteiger partial charge in [0.1, 0.15) is 5.82 Å². The standard InChI is InChI=1S/C14H20FN3O/c1-3-18-9-8-11(10-18)17(2)14(19)16-13-7-5-4-6-12(13)15/h4-7,11H,3,8-10H2,1-2H3,(H,16,19). The van der Waals surface area contributed by atoms with Crippen molar-refractivity contribution in [3.63, 3.8) is 0 Å². The van der Waals surface area contributed by atoms with Crippen LogP contribution in [0.15, 0.2) is 24.3 Å². The zero-order valence-corrected chi connectivity index (χ0v) is 11.4. The highest BCUT2D eigenvalue weighted by molar-refractivity contribution is 5.89. The van der Waals surface area contributed by atoms with Crippen molar-refractivity contribution >= 4 is 11.7 Å². The van der Waals surface area contributed by atoms with Gasteiger partial charge in [0.2, 0.25) is 0 Å². The molecule has 1 aromatic carbocycles. The Morgan fingerprint density at radius 1 is 1.53 bits per heavy atom. The molecule has 0 saturated carbocycles. The largest absolute Gasteiger partial charge is 0.323 e. The van der Waals surface area contributed by atoms with Gasteiger partial charge in [-0.15, -0.1) is 0 Å². The molecule has 0 radical (unpaired) electrons. The van der Waals surface area contributed by atoms with Crippen molar-refractivity contribution in [1.29, 1.82) is 0 Å². The molecule has 1 fully saturated rings. The third kappa shape index (κ3) is 3.23. The Balaban J connectivity index is 1.95. The van der Waals surface area contributed by atoms with Gasteiger partial charge in [-0.25, -0.2) is 9.18 Å². The maximum atomic E-state index is 13.5. The number of anilines is 1. The van der Waals surface area contributed by atoms with Gasteiger partial charge in [-0.1, -0.05) is 19.1 Å². The smallest absolute Gasteiger partial charge is 0.321 e. The maximum Gasteiger partial charge on any atom is 0.321 e. The number of nitrogens with one attached hydrogen (secondary N) is 1. The van der Waals surface area contributed by atoms with Crippen LogP contribution in [0, 0.1) is 5.82 Å². The molecule has 2 amide bonds. The fourth-order valence-corrected chi connectivity index (χ4v) is 2.35. The summed E-state index contributed by atoms with van der Waals surface area (Å²) in [5, 5.41) is 2.61. The number of benzene rings is 1. The maximum absolute atomic E-state index is 13.5. The predicted molar refractivity (Wildman–Crippen MR) is 73.7 cm³/mol. The van der Waals surface area contributed by atoms with E-state index in [1.54, 1.807) is 30.1 Å². The van der Waals surface area contributed by atoms with E-state index < -0.39 is 5.82 Å². The van der Waals surface area contributed by atoms with Crippen LogP contribution < -0.4 is 5.32 Å². The average Bonchev–Trinajstić information content (AvgIpc) is 2.89. The molecule has 0 aromatic heterocycles. The highest BCUT2D eigenvalue weighted by atomic mass is 19.1. The molecule has 19 heavy (non-hydrogen) atoms. The Labute approximate surface area is 113 Å². The van der Waals surface area contributed by atoms with Gasteiger partial charge in [-0.05, 0) is 25.1 Å². The van der Waals surface area contributed by atoms with E-state index in [0.29, 0.717) is 0 Å². The van der Waals surface area contributed by atoms with Crippen molar-refractivity contribution in [2.45, 2.75) is 19.4 Å². The fourth-order valence-electron chi connectivity index (χ4n) is 2.35. The molecular weight excluding hydrogens is 245 g/mol. The van der Waals surface area contributed by atoms with Crippen molar-refractivity contribution in [2.24, 2.45) is 0 Å². The summed E-state index contributed by atoms with van der Waals surface area (Å²) in [6, 6.07) is 6.15. The first-order valence-corrected chi connectivity index (χ1v) is 6.62. The van der Waals surface area contributed by atoms with Gasteiger partial charge in [0.15, 0.2) is 0 Å². The molecule has 2 rings (SSSR count). The van der Waals surface area contributed by atoms with Crippen LogP contribution in [0.5, 0.6) is 0 Å². The Kier molecular flexibility index (Phi) is 4.37. The number of hydrogen-bond acceptors (Lipinski definition) is 2. The third-order valence-corrected chi connectivity index (χ3v) is 3.68. The van der Waals surface area contributed by atoms with Gasteiger partial charge >= 0.3 is 6.03 Å². The number of hydrogen-bond donors (Lipinski definition) is 1. The van der Waals surface area contributed by atoms with E-state index >= 15 is 0 Å². The average molecular weight is 265 g/mol. The zero-order valence-electron chi connectivity index (χ0n) is 11.4. The number of rotatable bonds is 3. The number of carbonyl (C=O) groups excluding carboxylic acids is 1. The van der Waals surface area contributed by atoms with Gasteiger partial charge in [-0.3, -0.25) is 0 Å². The van der Waals surface area contributed by atoms with E-state index in [1.165, 1.54) is 6.07 Å². The summed E-state index contributed by atoms with van der Waals surface area (Å²) in [5.41, 5.74) is 0.227. The minimum absolute atomic E-state index is 0.201. The molecule has 1 N–H and O–H groups in total. The molecule has 1 atom stereocenters. The molecule has 1 aliphatic heterocycles. The molecule has 104 valence electrons. The van der Waals surface area contributed by atoms with Crippen molar-refractivity contribution in [3.8, 4) is 0 Å². The molecule has 0 spiro atoms. The molecule has 1 aromatic rings. The lowest BCUT2D eigenvalue weighted by molar-refractivity contribution is 0.203. The van der Waals surface area contributed by atoms with Crippen LogP contribution in [0.3, 0.4) is 0 Å². The number of carbonyl (C=O) groups is 1. The van der Waals surface area contributed by atoms with Crippen LogP contribution in [0.2, 0.25) is 0 Å². The van der Waals surface area contributed by atoms with Crippen molar-refractivity contribution in [3.05, 3.63) is 30.1 Å². The lowest BCUT2D eigenvalue weighted by Gasteiger charge is -2.25. The molecular formula is C14H20FN3O. The molecule has 1 heterocycles. The van der Waals surface area contributed by atoms with Gasteiger partial charge in [0.05, 0.1) is 5.69 Å². The van der Waals surface area contributed by atoms with Gasteiger partial charge in [-0.2, -0.15) is 0 Å². The number of nitrogens with zero attached hydrogens (tertiary/aromatic N) is 2. The van der Waals surface area contributed by atoms with Crippen LogP contribution in [0.1, 0.15) is 13.3 Å². The summed E-state index contributed by atoms with van der Waals surface area (Å²) in [6.45, 7) is 5.01. The predicted octanol–water partition coefficient (Wildman–Crippen LogP) is 2.38. The molecule has 4 nitrogen and oxygen atoms in total. The first kappa shape index (κ1) is 13.8. The van der Waals surface area contributed by atoms with E-state index in [0.717, 1.165) is 26.1 Å². The van der Waals surface area contributed by atoms with Crippen molar-refractivity contribution in [1.82, 2.24) is 9.80 Å². The van der Waals surface area contributed by atoms with Gasteiger partial charge < -0.3 is 15.1 Å². The van der Waals surface area contributed by atoms with Crippen molar-refractivity contribution in [2.75, 3.05) is 32.0 Å². The third-order valence-electron chi connectivity index (χ3n) is 3.68. The van der Waals surface area contributed by atoms with E-state index in [1.807, 2.05) is 0 Å². The summed E-state index contributed by atoms with van der Waals surface area (Å²) >= 11 is 0. The summed E-state index contributed by atoms with van der Waals surface area (Å²) in [7, 11) is 1.76. The second kappa shape index (κ2) is 6.02. The van der Waals surface area contributed by atoms with Crippen LogP contribution in [-0.2, 0) is 0 Å². The van der Waals surface area contributed by atoms with E-state index in [2.05, 4.69) is 17.1 Å². The van der Waals surface area contributed by atoms with Crippen LogP contribution in [-0.4, -0.2) is 48.6 Å². The summed E-state index contributed by atoms with van der Waals surface area (Å²) < 4.78 is 13.5. The summed E-state index contributed by atoms with van der Waals surface area (Å²) in [5.74, 6) is -0.411. The highest BCUT2D eigenvalue weighted by Gasteiger charge is 2.27. The lowest BCUT2D eigenvalue weighted by atomic mass is 10.2. The number of likely N-dealkylation sites (N-methyl/N-ethyl adjacent to an activating group) is 2. The highest BCUT2D eigenvalue weighted by Crippen LogP contribution is 2.17. The first-order chi connectivity index (χ1) is 9.11. The lowest BCUT2D eigenvalue weighted by Crippen LogP contribution is -2.41. The number of para-hydroxylation sites is 1. The fraction of sp³-hybridized carbons (Fsp3) is 0.500. The monoisotopic (exact) mass is 265 g/mol. The van der Waals surface area contributed by atoms with Crippen LogP contribution in [0.4, 0.5) is 14.9 Å². The Morgan fingerprint density at radius 2 is 2.26 bits per heavy atom. The van der Waals surface area contributed by atoms with Crippen LogP contribution >= 0.6 is 0 Å². The number of halogens is 1. The normalized spacial score (nSPS) is 19.4. The number of likely N-dealkylation sites (tertiary alicyclic amines) is 1. The van der Waals surface area contributed by atoms with Crippen molar-refractivity contribution < 1.29 is 9.18 Å². The topological polar surface area (TPSA) is 35.6 Å². The Bertz CT molecular complexity index is 452. The second-order valence-electron chi connectivity index (χ2n) is 4.86. The number of urea groups is 1. The molecule has 0 bridgehead atoms. The molecule has 5 heteroatoms. The Morgan fingerprint density at radius 3 is 2.89 bits per heavy atom. The van der Waals surface area contributed by atoms with Gasteiger partial charge in [0.25, 0.3) is 0 Å². The summed E-state index contributed by atoms with van der Waals surface area (Å²) in [6.07, 6.45) is 0.967. The molecule has 0 aliphatic carbocycles. The molecule has 1 aliphatic rings. The molecule has 1 saturated heterocycles. The SMILES string of the molecule is CCN1CCC(N(C)C(=O)Nc2ccccc2F)C1. The zero-order chi connectivity index (χ0) is 13.8. The minimum Gasteiger partial charge on any atom is -0.323 e. The minimum atomic E-state index is -0.411. The van der Waals surface area contributed by atoms with E-state index in [9.17, 15) is 9.18 Å². The first-order valence-electron chi connectivity index (χ1n) is 6.62. The number of amides is 2. The van der Waals surface area contributed by atoms with E-state index in [4.69, 9.17) is 0 Å².